The highest BCUT2D eigenvalue weighted by Crippen LogP contribution is 2.21. The van der Waals surface area contributed by atoms with E-state index in [1.54, 1.807) is 30.6 Å². The first-order valence-corrected chi connectivity index (χ1v) is 8.96. The number of pyridine rings is 1. The number of benzene rings is 2. The van der Waals surface area contributed by atoms with Gasteiger partial charge in [0.1, 0.15) is 11.6 Å². The third-order valence-electron chi connectivity index (χ3n) is 4.15. The average Bonchev–Trinajstić information content (AvgIpc) is 2.74. The molecule has 0 aliphatic carbocycles. The number of rotatable bonds is 4. The second kappa shape index (κ2) is 7.92. The zero-order valence-corrected chi connectivity index (χ0v) is 15.7. The Labute approximate surface area is 170 Å². The van der Waals surface area contributed by atoms with Crippen molar-refractivity contribution >= 4 is 34.7 Å². The van der Waals surface area contributed by atoms with Gasteiger partial charge in [0.05, 0.1) is 17.4 Å². The van der Waals surface area contributed by atoms with Gasteiger partial charge in [0.25, 0.3) is 5.56 Å². The van der Waals surface area contributed by atoms with Crippen LogP contribution in [0.1, 0.15) is 11.1 Å². The molecule has 0 saturated carbocycles. The molecule has 2 heterocycles. The van der Waals surface area contributed by atoms with E-state index in [0.29, 0.717) is 16.1 Å². The number of aromatic nitrogens is 3. The molecule has 7 nitrogen and oxygen atoms in total. The monoisotopic (exact) mass is 400 g/mol. The van der Waals surface area contributed by atoms with E-state index in [1.165, 1.54) is 0 Å². The second-order valence-corrected chi connectivity index (χ2v) is 6.49. The summed E-state index contributed by atoms with van der Waals surface area (Å²) in [4.78, 5) is 23.5. The lowest BCUT2D eigenvalue weighted by molar-refractivity contribution is 1.08. The summed E-state index contributed by atoms with van der Waals surface area (Å²) < 4.78 is 0. The van der Waals surface area contributed by atoms with E-state index >= 15 is 0 Å². The minimum Gasteiger partial charge on any atom is -0.290 e. The molecule has 8 heteroatoms. The summed E-state index contributed by atoms with van der Waals surface area (Å²) in [5.41, 5.74) is 4.49. The Balaban J connectivity index is 1.69. The van der Waals surface area contributed by atoms with Crippen LogP contribution in [-0.4, -0.2) is 21.2 Å². The van der Waals surface area contributed by atoms with Gasteiger partial charge < -0.3 is 0 Å². The van der Waals surface area contributed by atoms with Crippen molar-refractivity contribution in [2.45, 2.75) is 0 Å². The molecule has 2 aromatic carbocycles. The van der Waals surface area contributed by atoms with Crippen LogP contribution in [0.3, 0.4) is 0 Å². The number of anilines is 1. The molecule has 0 bridgehead atoms. The topological polar surface area (TPSA) is 107 Å². The van der Waals surface area contributed by atoms with Crippen molar-refractivity contribution in [1.82, 2.24) is 15.0 Å². The fraction of sp³-hybridized carbons (Fsp3) is 0. The van der Waals surface area contributed by atoms with Gasteiger partial charge in [0.15, 0.2) is 0 Å². The Kier molecular flexibility index (Phi) is 5.01. The molecular formula is C21H13ClN6O. The molecule has 140 valence electrons. The van der Waals surface area contributed by atoms with E-state index in [9.17, 15) is 10.1 Å². The molecule has 2 aromatic heterocycles. The Hall–Kier alpha value is -4.02. The number of halogens is 1. The standard InChI is InChI=1S/C21H13ClN6O/c22-16-9-14-7-4-8-24-18(14)15(10-16)12-25-28-21-26-19(13-5-2-1-3-6-13)17(11-23)20(29)27-21/h1-10,12H,(H2,26,27,28,29). The first kappa shape index (κ1) is 18.3. The number of nitrogens with zero attached hydrogens (tertiary/aromatic N) is 4. The van der Waals surface area contributed by atoms with Crippen LogP contribution in [0.5, 0.6) is 0 Å². The number of nitrogens with one attached hydrogen (secondary N) is 2. The third kappa shape index (κ3) is 3.83. The van der Waals surface area contributed by atoms with Crippen molar-refractivity contribution in [3.05, 3.63) is 87.3 Å². The van der Waals surface area contributed by atoms with Crippen molar-refractivity contribution in [3.63, 3.8) is 0 Å². The third-order valence-corrected chi connectivity index (χ3v) is 4.37. The molecule has 4 rings (SSSR count). The van der Waals surface area contributed by atoms with Crippen LogP contribution in [0.2, 0.25) is 5.02 Å². The van der Waals surface area contributed by atoms with Gasteiger partial charge in [-0.15, -0.1) is 0 Å². The highest BCUT2D eigenvalue weighted by atomic mass is 35.5. The van der Waals surface area contributed by atoms with Gasteiger partial charge >= 0.3 is 0 Å². The summed E-state index contributed by atoms with van der Waals surface area (Å²) in [6, 6.07) is 18.2. The van der Waals surface area contributed by atoms with Crippen molar-refractivity contribution < 1.29 is 0 Å². The van der Waals surface area contributed by atoms with E-state index in [-0.39, 0.29) is 17.2 Å². The van der Waals surface area contributed by atoms with Gasteiger partial charge in [0.2, 0.25) is 5.95 Å². The molecule has 0 spiro atoms. The normalized spacial score (nSPS) is 10.9. The Morgan fingerprint density at radius 1 is 1.17 bits per heavy atom. The van der Waals surface area contributed by atoms with Crippen LogP contribution in [0.4, 0.5) is 5.95 Å². The lowest BCUT2D eigenvalue weighted by atomic mass is 10.1. The van der Waals surface area contributed by atoms with Crippen LogP contribution in [0, 0.1) is 11.3 Å². The van der Waals surface area contributed by atoms with E-state index in [1.807, 2.05) is 42.5 Å². The van der Waals surface area contributed by atoms with E-state index < -0.39 is 5.56 Å². The predicted octanol–water partition coefficient (Wildman–Crippen LogP) is 3.96. The molecule has 0 radical (unpaired) electrons. The van der Waals surface area contributed by atoms with Crippen LogP contribution in [0.15, 0.2) is 70.7 Å². The molecule has 0 aliphatic rings. The SMILES string of the molecule is N#Cc1c(-c2ccccc2)nc(NN=Cc2cc(Cl)cc3cccnc23)[nH]c1=O. The van der Waals surface area contributed by atoms with Gasteiger partial charge in [-0.25, -0.2) is 10.4 Å². The first-order chi connectivity index (χ1) is 14.2. The molecular weight excluding hydrogens is 388 g/mol. The maximum absolute atomic E-state index is 12.3. The van der Waals surface area contributed by atoms with Crippen molar-refractivity contribution in [2.24, 2.45) is 5.10 Å². The molecule has 4 aromatic rings. The maximum atomic E-state index is 12.3. The summed E-state index contributed by atoms with van der Waals surface area (Å²) in [5, 5.41) is 14.9. The second-order valence-electron chi connectivity index (χ2n) is 6.06. The fourth-order valence-corrected chi connectivity index (χ4v) is 3.11. The number of H-pyrrole nitrogens is 1. The number of fused-ring (bicyclic) bond motifs is 1. The highest BCUT2D eigenvalue weighted by molar-refractivity contribution is 6.31. The smallest absolute Gasteiger partial charge is 0.270 e. The number of hydrazone groups is 1. The Morgan fingerprint density at radius 2 is 2.00 bits per heavy atom. The number of aromatic amines is 1. The summed E-state index contributed by atoms with van der Waals surface area (Å²) in [6.07, 6.45) is 3.23. The van der Waals surface area contributed by atoms with E-state index in [2.05, 4.69) is 25.5 Å². The van der Waals surface area contributed by atoms with Crippen LogP contribution in [0.25, 0.3) is 22.2 Å². The van der Waals surface area contributed by atoms with Crippen molar-refractivity contribution in [2.75, 3.05) is 5.43 Å². The minimum atomic E-state index is -0.547. The lowest BCUT2D eigenvalue weighted by Gasteiger charge is -2.06. The molecule has 0 fully saturated rings. The first-order valence-electron chi connectivity index (χ1n) is 8.59. The predicted molar refractivity (Wildman–Crippen MR) is 113 cm³/mol. The van der Waals surface area contributed by atoms with Crippen molar-refractivity contribution in [3.8, 4) is 17.3 Å². The summed E-state index contributed by atoms with van der Waals surface area (Å²) in [5.74, 6) is 0.114. The maximum Gasteiger partial charge on any atom is 0.270 e. The molecule has 0 atom stereocenters. The molecule has 0 unspecified atom stereocenters. The van der Waals surface area contributed by atoms with E-state index in [0.717, 1.165) is 10.9 Å². The highest BCUT2D eigenvalue weighted by Gasteiger charge is 2.12. The van der Waals surface area contributed by atoms with E-state index in [4.69, 9.17) is 11.6 Å². The van der Waals surface area contributed by atoms with Gasteiger partial charge in [-0.1, -0.05) is 48.0 Å². The van der Waals surface area contributed by atoms with Crippen LogP contribution < -0.4 is 11.0 Å². The summed E-state index contributed by atoms with van der Waals surface area (Å²) in [6.45, 7) is 0. The Bertz CT molecular complexity index is 1320. The quantitative estimate of drug-likeness (QED) is 0.398. The van der Waals surface area contributed by atoms with Crippen LogP contribution in [-0.2, 0) is 0 Å². The lowest BCUT2D eigenvalue weighted by Crippen LogP contribution is -2.16. The summed E-state index contributed by atoms with van der Waals surface area (Å²) >= 11 is 6.16. The number of hydrogen-bond acceptors (Lipinski definition) is 6. The Morgan fingerprint density at radius 3 is 2.79 bits per heavy atom. The molecule has 29 heavy (non-hydrogen) atoms. The fourth-order valence-electron chi connectivity index (χ4n) is 2.88. The molecule has 0 saturated heterocycles. The molecule has 0 amide bonds. The zero-order chi connectivity index (χ0) is 20.2. The zero-order valence-electron chi connectivity index (χ0n) is 14.9. The largest absolute Gasteiger partial charge is 0.290 e. The van der Waals surface area contributed by atoms with Crippen molar-refractivity contribution in [1.29, 1.82) is 5.26 Å². The number of hydrogen-bond donors (Lipinski definition) is 2. The molecule has 0 aliphatic heterocycles. The molecule has 2 N–H and O–H groups in total. The summed E-state index contributed by atoms with van der Waals surface area (Å²) in [7, 11) is 0. The average molecular weight is 401 g/mol. The van der Waals surface area contributed by atoms with Gasteiger partial charge in [-0.2, -0.15) is 10.4 Å². The minimum absolute atomic E-state index is 0.0595. The number of nitriles is 1. The van der Waals surface area contributed by atoms with Gasteiger partial charge in [0, 0.05) is 27.7 Å². The van der Waals surface area contributed by atoms with Gasteiger partial charge in [-0.3, -0.25) is 14.8 Å². The van der Waals surface area contributed by atoms with Gasteiger partial charge in [-0.05, 0) is 18.2 Å². The van der Waals surface area contributed by atoms with Crippen LogP contribution >= 0.6 is 11.6 Å².